The van der Waals surface area contributed by atoms with Crippen LogP contribution in [0.1, 0.15) is 349 Å². The van der Waals surface area contributed by atoms with Gasteiger partial charge in [-0.2, -0.15) is 0 Å². The first-order valence-electron chi connectivity index (χ1n) is 38.5. The SMILES string of the molecule is CC/C=C\C/C=C\C/C=C\CCCCCCCCCC(=O)OCC(COP(=O)(O)OCC(O)COP(=O)(O)OCC(COC(=O)CCCCCCC/C=C\C/C=C\CCCCC)OC(=O)CCCCCCCCCCCCC)OC(=O)CCCCCCCCCCCCCCC. The third-order valence-electron chi connectivity index (χ3n) is 16.5. The van der Waals surface area contributed by atoms with Crippen molar-refractivity contribution in [2.45, 2.75) is 367 Å². The van der Waals surface area contributed by atoms with Crippen LogP contribution in [-0.2, 0) is 65.4 Å². The van der Waals surface area contributed by atoms with Crippen molar-refractivity contribution in [1.82, 2.24) is 0 Å². The average molecular weight is 1400 g/mol. The maximum Gasteiger partial charge on any atom is 0.472 e. The lowest BCUT2D eigenvalue weighted by Gasteiger charge is -2.21. The molecule has 17 nitrogen and oxygen atoms in total. The van der Waals surface area contributed by atoms with Crippen LogP contribution in [0.15, 0.2) is 60.8 Å². The van der Waals surface area contributed by atoms with Gasteiger partial charge in [0, 0.05) is 25.7 Å². The summed E-state index contributed by atoms with van der Waals surface area (Å²) in [5.41, 5.74) is 0. The van der Waals surface area contributed by atoms with E-state index in [0.717, 1.165) is 161 Å². The highest BCUT2D eigenvalue weighted by atomic mass is 31.2. The van der Waals surface area contributed by atoms with Gasteiger partial charge in [0.2, 0.25) is 0 Å². The van der Waals surface area contributed by atoms with Gasteiger partial charge in [-0.3, -0.25) is 37.3 Å². The topological polar surface area (TPSA) is 237 Å². The first-order chi connectivity index (χ1) is 46.7. The zero-order valence-corrected chi connectivity index (χ0v) is 62.8. The first-order valence-corrected chi connectivity index (χ1v) is 41.5. The smallest absolute Gasteiger partial charge is 0.462 e. The van der Waals surface area contributed by atoms with E-state index in [1.807, 2.05) is 0 Å². The fraction of sp³-hybridized carbons (Fsp3) is 0.818. The van der Waals surface area contributed by atoms with Gasteiger partial charge in [-0.15, -0.1) is 0 Å². The molecule has 0 saturated heterocycles. The number of aliphatic hydroxyl groups is 1. The van der Waals surface area contributed by atoms with Crippen LogP contribution in [-0.4, -0.2) is 96.7 Å². The Bertz CT molecular complexity index is 2060. The molecule has 560 valence electrons. The lowest BCUT2D eigenvalue weighted by Crippen LogP contribution is -2.30. The minimum atomic E-state index is -4.97. The van der Waals surface area contributed by atoms with E-state index in [2.05, 4.69) is 88.5 Å². The molecule has 0 fully saturated rings. The van der Waals surface area contributed by atoms with Gasteiger partial charge in [0.15, 0.2) is 12.2 Å². The molecule has 0 aliphatic heterocycles. The highest BCUT2D eigenvalue weighted by Gasteiger charge is 2.30. The first kappa shape index (κ1) is 92.8. The van der Waals surface area contributed by atoms with Gasteiger partial charge >= 0.3 is 39.5 Å². The second kappa shape index (κ2) is 70.2. The minimum Gasteiger partial charge on any atom is -0.462 e. The number of phosphoric ester groups is 2. The molecular weight excluding hydrogens is 1260 g/mol. The van der Waals surface area contributed by atoms with E-state index >= 15 is 0 Å². The van der Waals surface area contributed by atoms with Crippen LogP contribution in [0, 0.1) is 0 Å². The third-order valence-corrected chi connectivity index (χ3v) is 18.4. The third kappa shape index (κ3) is 69.2. The van der Waals surface area contributed by atoms with Crippen molar-refractivity contribution in [2.24, 2.45) is 0 Å². The Hall–Kier alpha value is -3.24. The number of aliphatic hydroxyl groups excluding tert-OH is 1. The number of unbranched alkanes of at least 4 members (excludes halogenated alkanes) is 37. The monoisotopic (exact) mass is 1400 g/mol. The van der Waals surface area contributed by atoms with E-state index in [4.69, 9.17) is 37.0 Å². The molecule has 3 N–H and O–H groups in total. The van der Waals surface area contributed by atoms with Crippen molar-refractivity contribution in [3.8, 4) is 0 Å². The Labute approximate surface area is 584 Å². The zero-order valence-electron chi connectivity index (χ0n) is 61.1. The number of allylic oxidation sites excluding steroid dienone is 10. The van der Waals surface area contributed by atoms with Gasteiger partial charge in [0.1, 0.15) is 19.3 Å². The Kier molecular flexibility index (Phi) is 67.8. The van der Waals surface area contributed by atoms with E-state index in [-0.39, 0.29) is 25.7 Å². The summed E-state index contributed by atoms with van der Waals surface area (Å²) in [6, 6.07) is 0. The number of rotatable bonds is 73. The van der Waals surface area contributed by atoms with E-state index in [1.54, 1.807) is 0 Å². The molecular formula is C77H140O17P2. The lowest BCUT2D eigenvalue weighted by atomic mass is 10.0. The Balaban J connectivity index is 5.29. The molecule has 0 aliphatic rings. The molecule has 5 atom stereocenters. The molecule has 19 heteroatoms. The molecule has 0 heterocycles. The summed E-state index contributed by atoms with van der Waals surface area (Å²) in [6.07, 6.45) is 67.8. The number of carbonyl (C=O) groups excluding carboxylic acids is 4. The van der Waals surface area contributed by atoms with Gasteiger partial charge in [0.05, 0.1) is 26.4 Å². The summed E-state index contributed by atoms with van der Waals surface area (Å²) in [4.78, 5) is 72.8. The molecule has 0 rings (SSSR count). The van der Waals surface area contributed by atoms with Crippen molar-refractivity contribution >= 4 is 39.5 Å². The van der Waals surface area contributed by atoms with Crippen molar-refractivity contribution < 1.29 is 80.2 Å². The Morgan fingerprint density at radius 1 is 0.302 bits per heavy atom. The molecule has 0 aromatic heterocycles. The van der Waals surface area contributed by atoms with Gasteiger partial charge in [-0.05, 0) is 89.9 Å². The van der Waals surface area contributed by atoms with E-state index in [1.165, 1.54) is 109 Å². The lowest BCUT2D eigenvalue weighted by molar-refractivity contribution is -0.161. The van der Waals surface area contributed by atoms with Crippen LogP contribution < -0.4 is 0 Å². The number of phosphoric acid groups is 2. The summed E-state index contributed by atoms with van der Waals surface area (Å²) in [5.74, 6) is -2.17. The van der Waals surface area contributed by atoms with Gasteiger partial charge in [-0.25, -0.2) is 9.13 Å². The van der Waals surface area contributed by atoms with Crippen molar-refractivity contribution in [2.75, 3.05) is 39.6 Å². The highest BCUT2D eigenvalue weighted by molar-refractivity contribution is 7.47. The minimum absolute atomic E-state index is 0.0981. The number of ether oxygens (including phenoxy) is 4. The van der Waals surface area contributed by atoms with Crippen LogP contribution in [0.5, 0.6) is 0 Å². The second-order valence-corrected chi connectivity index (χ2v) is 28.8. The molecule has 0 radical (unpaired) electrons. The molecule has 0 saturated carbocycles. The maximum absolute atomic E-state index is 13.1. The van der Waals surface area contributed by atoms with Gasteiger partial charge in [0.25, 0.3) is 0 Å². The fourth-order valence-electron chi connectivity index (χ4n) is 10.6. The number of esters is 4. The standard InChI is InChI=1S/C77H140O17P2/c1-5-9-13-17-21-25-29-32-34-35-37-40-43-46-50-54-58-62-75(80)88-68-73(94-77(82)64-60-56-52-48-44-38-31-27-23-19-15-11-7-3)70-92-96(85,86)90-66-71(78)65-89-95(83,84)91-69-72(93-76(81)63-59-55-51-47-41-28-24-20-16-12-8-4)67-87-74(79)61-57-53-49-45-42-39-36-33-30-26-22-18-14-10-6-2/h9,13,21-22,25-26,32-34,36,71-73,78H,5-8,10-12,14-20,23-24,27-31,35,37-70H2,1-4H3,(H,83,84)(H,85,86)/b13-9-,25-21-,26-22-,34-32-,36-33-. The average Bonchev–Trinajstić information content (AvgIpc) is 1.17. The van der Waals surface area contributed by atoms with Crippen LogP contribution in [0.4, 0.5) is 0 Å². The number of carbonyl (C=O) groups is 4. The number of hydrogen-bond acceptors (Lipinski definition) is 15. The molecule has 0 spiro atoms. The molecule has 0 aliphatic carbocycles. The summed E-state index contributed by atoms with van der Waals surface area (Å²) >= 11 is 0. The molecule has 0 bridgehead atoms. The largest absolute Gasteiger partial charge is 0.472 e. The zero-order chi connectivity index (χ0) is 70.4. The van der Waals surface area contributed by atoms with E-state index in [0.29, 0.717) is 25.7 Å². The maximum atomic E-state index is 13.1. The van der Waals surface area contributed by atoms with E-state index < -0.39 is 97.5 Å². The van der Waals surface area contributed by atoms with Crippen molar-refractivity contribution in [3.05, 3.63) is 60.8 Å². The molecule has 0 aromatic carbocycles. The van der Waals surface area contributed by atoms with Gasteiger partial charge in [-0.1, -0.05) is 294 Å². The molecule has 5 unspecified atom stereocenters. The molecule has 0 amide bonds. The predicted molar refractivity (Wildman–Crippen MR) is 390 cm³/mol. The molecule has 0 aromatic rings. The predicted octanol–water partition coefficient (Wildman–Crippen LogP) is 21.9. The van der Waals surface area contributed by atoms with Crippen molar-refractivity contribution in [3.63, 3.8) is 0 Å². The summed E-state index contributed by atoms with van der Waals surface area (Å²) in [5, 5.41) is 10.6. The number of hydrogen-bond donors (Lipinski definition) is 3. The summed E-state index contributed by atoms with van der Waals surface area (Å²) in [6.45, 7) is 4.76. The van der Waals surface area contributed by atoms with Crippen LogP contribution in [0.2, 0.25) is 0 Å². The van der Waals surface area contributed by atoms with Crippen molar-refractivity contribution in [1.29, 1.82) is 0 Å². The Morgan fingerprint density at radius 3 is 0.854 bits per heavy atom. The van der Waals surface area contributed by atoms with Crippen LogP contribution >= 0.6 is 15.6 Å². The second-order valence-electron chi connectivity index (χ2n) is 25.9. The normalized spacial score (nSPS) is 14.3. The van der Waals surface area contributed by atoms with E-state index in [9.17, 15) is 43.2 Å². The fourth-order valence-corrected chi connectivity index (χ4v) is 12.2. The van der Waals surface area contributed by atoms with Crippen LogP contribution in [0.25, 0.3) is 0 Å². The molecule has 96 heavy (non-hydrogen) atoms. The highest BCUT2D eigenvalue weighted by Crippen LogP contribution is 2.45. The summed E-state index contributed by atoms with van der Waals surface area (Å²) < 4.78 is 68.5. The Morgan fingerprint density at radius 2 is 0.542 bits per heavy atom. The quantitative estimate of drug-likeness (QED) is 0.0169. The van der Waals surface area contributed by atoms with Crippen LogP contribution in [0.3, 0.4) is 0 Å². The summed E-state index contributed by atoms with van der Waals surface area (Å²) in [7, 11) is -9.93. The van der Waals surface area contributed by atoms with Gasteiger partial charge < -0.3 is 33.8 Å².